The van der Waals surface area contributed by atoms with Gasteiger partial charge in [0.05, 0.1) is 0 Å². The van der Waals surface area contributed by atoms with Gasteiger partial charge in [0.1, 0.15) is 12.2 Å². The first-order valence-corrected chi connectivity index (χ1v) is 8.92. The summed E-state index contributed by atoms with van der Waals surface area (Å²) in [5.41, 5.74) is 10.3. The van der Waals surface area contributed by atoms with Gasteiger partial charge in [-0.2, -0.15) is 0 Å². The predicted octanol–water partition coefficient (Wildman–Crippen LogP) is 6.13. The monoisotopic (exact) mass is 328 g/mol. The summed E-state index contributed by atoms with van der Waals surface area (Å²) in [7, 11) is 0. The van der Waals surface area contributed by atoms with Crippen molar-refractivity contribution in [1.29, 1.82) is 0 Å². The zero-order valence-corrected chi connectivity index (χ0v) is 15.3. The Morgan fingerprint density at radius 2 is 0.920 bits per heavy atom. The first-order valence-electron chi connectivity index (χ1n) is 8.92. The molecule has 0 radical (unpaired) electrons. The molecule has 0 saturated carbocycles. The molecule has 1 aliphatic rings. The minimum absolute atomic E-state index is 0.00111. The Hall–Kier alpha value is -2.38. The Morgan fingerprint density at radius 3 is 1.28 bits per heavy atom. The van der Waals surface area contributed by atoms with Crippen molar-refractivity contribution in [3.05, 3.63) is 105 Å². The molecule has 3 aromatic carbocycles. The molecule has 1 heteroatoms. The number of ether oxygens (including phenoxy) is 1. The fourth-order valence-electron chi connectivity index (χ4n) is 3.60. The summed E-state index contributed by atoms with van der Waals surface area (Å²) in [6.07, 6.45) is 0.00223. The lowest BCUT2D eigenvalue weighted by atomic mass is 9.91. The number of benzene rings is 3. The van der Waals surface area contributed by atoms with E-state index in [0.717, 1.165) is 0 Å². The van der Waals surface area contributed by atoms with Crippen LogP contribution in [-0.4, -0.2) is 0 Å². The number of aryl methyl sites for hydroxylation is 4. The van der Waals surface area contributed by atoms with E-state index in [4.69, 9.17) is 4.74 Å². The topological polar surface area (TPSA) is 9.23 Å². The Bertz CT molecular complexity index is 828. The molecule has 0 fully saturated rings. The van der Waals surface area contributed by atoms with Gasteiger partial charge in [0.25, 0.3) is 0 Å². The maximum absolute atomic E-state index is 6.59. The molecule has 2 unspecified atom stereocenters. The second-order valence-electron chi connectivity index (χ2n) is 7.28. The highest BCUT2D eigenvalue weighted by Crippen LogP contribution is 2.46. The summed E-state index contributed by atoms with van der Waals surface area (Å²) < 4.78 is 6.59. The van der Waals surface area contributed by atoms with Crippen molar-refractivity contribution in [3.63, 3.8) is 0 Å². The zero-order valence-electron chi connectivity index (χ0n) is 15.3. The molecular formula is C24H24O. The molecule has 1 heterocycles. The van der Waals surface area contributed by atoms with Gasteiger partial charge in [0.15, 0.2) is 0 Å². The van der Waals surface area contributed by atoms with E-state index >= 15 is 0 Å². The molecular weight excluding hydrogens is 304 g/mol. The van der Waals surface area contributed by atoms with E-state index in [0.29, 0.717) is 0 Å². The van der Waals surface area contributed by atoms with E-state index < -0.39 is 0 Å². The van der Waals surface area contributed by atoms with Gasteiger partial charge in [0.2, 0.25) is 0 Å². The van der Waals surface area contributed by atoms with Crippen LogP contribution < -0.4 is 0 Å². The quantitative estimate of drug-likeness (QED) is 0.550. The third kappa shape index (κ3) is 2.89. The smallest absolute Gasteiger partial charge is 0.109 e. The van der Waals surface area contributed by atoms with Crippen LogP contribution in [0.3, 0.4) is 0 Å². The molecule has 126 valence electrons. The summed E-state index contributed by atoms with van der Waals surface area (Å²) in [5, 5.41) is 0. The van der Waals surface area contributed by atoms with E-state index in [9.17, 15) is 0 Å². The fourth-order valence-corrected chi connectivity index (χ4v) is 3.60. The van der Waals surface area contributed by atoms with E-state index in [1.165, 1.54) is 44.5 Å². The van der Waals surface area contributed by atoms with E-state index in [1.54, 1.807) is 0 Å². The first-order chi connectivity index (χ1) is 12.0. The largest absolute Gasteiger partial charge is 0.356 e. The number of fused-ring (bicyclic) bond motifs is 1. The Labute approximate surface area is 150 Å². The van der Waals surface area contributed by atoms with Crippen LogP contribution in [-0.2, 0) is 4.74 Å². The normalized spacial score (nSPS) is 19.0. The van der Waals surface area contributed by atoms with Gasteiger partial charge in [-0.25, -0.2) is 0 Å². The van der Waals surface area contributed by atoms with Crippen molar-refractivity contribution in [2.75, 3.05) is 0 Å². The van der Waals surface area contributed by atoms with Gasteiger partial charge in [-0.15, -0.1) is 0 Å². The van der Waals surface area contributed by atoms with Gasteiger partial charge in [0, 0.05) is 0 Å². The van der Waals surface area contributed by atoms with Crippen LogP contribution in [0.1, 0.15) is 56.7 Å². The van der Waals surface area contributed by atoms with Crippen molar-refractivity contribution >= 4 is 0 Å². The second-order valence-corrected chi connectivity index (χ2v) is 7.28. The van der Waals surface area contributed by atoms with Crippen LogP contribution in [0, 0.1) is 27.7 Å². The highest BCUT2D eigenvalue weighted by atomic mass is 16.5. The average molecular weight is 328 g/mol. The Morgan fingerprint density at radius 1 is 0.560 bits per heavy atom. The summed E-state index contributed by atoms with van der Waals surface area (Å²) in [5.74, 6) is 0. The SMILES string of the molecule is Cc1ccc(C2OC(c3ccc(C)cc3)c3cc(C)c(C)cc32)cc1. The van der Waals surface area contributed by atoms with E-state index in [-0.39, 0.29) is 12.2 Å². The molecule has 1 nitrogen and oxygen atoms in total. The molecule has 0 aliphatic carbocycles. The summed E-state index contributed by atoms with van der Waals surface area (Å²) >= 11 is 0. The van der Waals surface area contributed by atoms with Crippen LogP contribution >= 0.6 is 0 Å². The maximum atomic E-state index is 6.59. The Balaban J connectivity index is 1.83. The molecule has 3 aromatic rings. The van der Waals surface area contributed by atoms with Gasteiger partial charge < -0.3 is 4.74 Å². The van der Waals surface area contributed by atoms with Crippen molar-refractivity contribution in [1.82, 2.24) is 0 Å². The van der Waals surface area contributed by atoms with E-state index in [2.05, 4.69) is 88.4 Å². The minimum atomic E-state index is 0.00111. The van der Waals surface area contributed by atoms with Gasteiger partial charge in [-0.1, -0.05) is 71.8 Å². The molecule has 0 N–H and O–H groups in total. The van der Waals surface area contributed by atoms with Crippen molar-refractivity contribution in [3.8, 4) is 0 Å². The zero-order chi connectivity index (χ0) is 17.6. The summed E-state index contributed by atoms with van der Waals surface area (Å²) in [6, 6.07) is 22.0. The third-order valence-corrected chi connectivity index (χ3v) is 5.30. The van der Waals surface area contributed by atoms with Crippen LogP contribution in [0.15, 0.2) is 60.7 Å². The molecule has 0 spiro atoms. The molecule has 25 heavy (non-hydrogen) atoms. The number of rotatable bonds is 2. The average Bonchev–Trinajstić information content (AvgIpc) is 2.95. The van der Waals surface area contributed by atoms with Crippen LogP contribution in [0.2, 0.25) is 0 Å². The van der Waals surface area contributed by atoms with Crippen LogP contribution in [0.5, 0.6) is 0 Å². The summed E-state index contributed by atoms with van der Waals surface area (Å²) in [6.45, 7) is 8.60. The molecule has 2 atom stereocenters. The lowest BCUT2D eigenvalue weighted by Crippen LogP contribution is -2.02. The number of hydrogen-bond acceptors (Lipinski definition) is 1. The predicted molar refractivity (Wildman–Crippen MR) is 103 cm³/mol. The van der Waals surface area contributed by atoms with Gasteiger partial charge >= 0.3 is 0 Å². The molecule has 0 aromatic heterocycles. The highest BCUT2D eigenvalue weighted by molar-refractivity contribution is 5.49. The lowest BCUT2D eigenvalue weighted by molar-refractivity contribution is 0.0582. The van der Waals surface area contributed by atoms with Gasteiger partial charge in [-0.3, -0.25) is 0 Å². The molecule has 1 aliphatic heterocycles. The molecule has 4 rings (SSSR count). The van der Waals surface area contributed by atoms with Crippen molar-refractivity contribution in [2.45, 2.75) is 39.9 Å². The minimum Gasteiger partial charge on any atom is -0.356 e. The fraction of sp³-hybridized carbons (Fsp3) is 0.250. The van der Waals surface area contributed by atoms with Crippen LogP contribution in [0.4, 0.5) is 0 Å². The Kier molecular flexibility index (Phi) is 3.97. The highest BCUT2D eigenvalue weighted by Gasteiger charge is 2.34. The number of hydrogen-bond donors (Lipinski definition) is 0. The summed E-state index contributed by atoms with van der Waals surface area (Å²) in [4.78, 5) is 0. The third-order valence-electron chi connectivity index (χ3n) is 5.30. The van der Waals surface area contributed by atoms with Crippen LogP contribution in [0.25, 0.3) is 0 Å². The molecule has 0 saturated heterocycles. The van der Waals surface area contributed by atoms with Crippen molar-refractivity contribution in [2.24, 2.45) is 0 Å². The molecule has 0 amide bonds. The lowest BCUT2D eigenvalue weighted by Gasteiger charge is -2.16. The second kappa shape index (κ2) is 6.16. The van der Waals surface area contributed by atoms with Crippen molar-refractivity contribution < 1.29 is 4.74 Å². The standard InChI is InChI=1S/C24H24O/c1-15-5-9-19(10-6-15)23-21-13-17(3)18(4)14-22(21)24(25-23)20-11-7-16(2)8-12-20/h5-14,23-24H,1-4H3. The van der Waals surface area contributed by atoms with E-state index in [1.807, 2.05) is 0 Å². The van der Waals surface area contributed by atoms with Gasteiger partial charge in [-0.05, 0) is 61.1 Å². The first kappa shape index (κ1) is 16.1. The maximum Gasteiger partial charge on any atom is 0.109 e. The molecule has 0 bridgehead atoms.